The summed E-state index contributed by atoms with van der Waals surface area (Å²) in [5.41, 5.74) is 6.44. The lowest BCUT2D eigenvalue weighted by Gasteiger charge is -1.77. The van der Waals surface area contributed by atoms with Crippen molar-refractivity contribution in [1.29, 1.82) is 5.53 Å². The van der Waals surface area contributed by atoms with E-state index in [0.717, 1.165) is 0 Å². The van der Waals surface area contributed by atoms with Gasteiger partial charge >= 0.3 is 0 Å². The van der Waals surface area contributed by atoms with Gasteiger partial charge in [0.05, 0.1) is 0 Å². The lowest BCUT2D eigenvalue weighted by molar-refractivity contribution is 0.457. The van der Waals surface area contributed by atoms with E-state index in [9.17, 15) is 0 Å². The maximum absolute atomic E-state index is 8.59. The minimum atomic E-state index is 0.0380. The van der Waals surface area contributed by atoms with Crippen molar-refractivity contribution < 1.29 is 5.11 Å². The third-order valence-corrected chi connectivity index (χ3v) is 0.776. The van der Waals surface area contributed by atoms with Crippen molar-refractivity contribution in [2.45, 2.75) is 0 Å². The average Bonchev–Trinajstić information content (AvgIpc) is 2.14. The zero-order valence-corrected chi connectivity index (χ0v) is 4.05. The fourth-order valence-corrected chi connectivity index (χ4v) is 0.438. The number of nitrogens with zero attached hydrogens (tertiary/aromatic N) is 1. The van der Waals surface area contributed by atoms with Gasteiger partial charge in [0.25, 0.3) is 0 Å². The molecule has 1 heterocycles. The van der Waals surface area contributed by atoms with Crippen LogP contribution in [0.4, 0.5) is 5.82 Å². The van der Waals surface area contributed by atoms with Gasteiger partial charge in [0.2, 0.25) is 0 Å². The molecule has 0 aromatic carbocycles. The van der Waals surface area contributed by atoms with Crippen molar-refractivity contribution in [3.05, 3.63) is 12.1 Å². The first-order chi connectivity index (χ1) is 3.83. The first kappa shape index (κ1) is 4.83. The molecule has 4 heteroatoms. The minimum absolute atomic E-state index is 0.0380. The standard InChI is InChI=1S/C4H5N3O/c5-7-3-1-2-4(8)6-3/h1-2,5-6,8H. The maximum atomic E-state index is 8.59. The smallest absolute Gasteiger partial charge is 0.189 e. The van der Waals surface area contributed by atoms with Crippen LogP contribution in [-0.4, -0.2) is 10.1 Å². The number of rotatable bonds is 1. The SMILES string of the molecule is N=Nc1ccc(O)[nH]1. The molecule has 0 radical (unpaired) electrons. The van der Waals surface area contributed by atoms with E-state index in [1.807, 2.05) is 0 Å². The van der Waals surface area contributed by atoms with Crippen LogP contribution in [0.3, 0.4) is 0 Å². The molecule has 0 bridgehead atoms. The molecular weight excluding hydrogens is 106 g/mol. The zero-order valence-electron chi connectivity index (χ0n) is 4.05. The molecule has 0 aliphatic heterocycles. The van der Waals surface area contributed by atoms with Crippen LogP contribution in [0.25, 0.3) is 0 Å². The summed E-state index contributed by atoms with van der Waals surface area (Å²) in [4.78, 5) is 2.43. The molecule has 0 saturated heterocycles. The Kier molecular flexibility index (Phi) is 0.997. The summed E-state index contributed by atoms with van der Waals surface area (Å²) in [5, 5.41) is 11.6. The van der Waals surface area contributed by atoms with Crippen molar-refractivity contribution in [3.63, 3.8) is 0 Å². The van der Waals surface area contributed by atoms with Gasteiger partial charge in [0.1, 0.15) is 0 Å². The molecule has 0 saturated carbocycles. The third kappa shape index (κ3) is 0.676. The van der Waals surface area contributed by atoms with Gasteiger partial charge in [-0.15, -0.1) is 5.11 Å². The fourth-order valence-electron chi connectivity index (χ4n) is 0.438. The van der Waals surface area contributed by atoms with Crippen molar-refractivity contribution in [2.24, 2.45) is 5.11 Å². The number of nitrogens with one attached hydrogen (secondary N) is 2. The summed E-state index contributed by atoms with van der Waals surface area (Å²) in [7, 11) is 0. The maximum Gasteiger partial charge on any atom is 0.189 e. The highest BCUT2D eigenvalue weighted by Gasteiger charge is 1.89. The Morgan fingerprint density at radius 2 is 2.38 bits per heavy atom. The number of H-pyrrole nitrogens is 1. The second-order valence-electron chi connectivity index (χ2n) is 1.34. The van der Waals surface area contributed by atoms with Crippen LogP contribution < -0.4 is 0 Å². The number of aromatic nitrogens is 1. The lowest BCUT2D eigenvalue weighted by atomic mass is 10.6. The lowest BCUT2D eigenvalue weighted by Crippen LogP contribution is -1.57. The molecule has 1 aromatic rings. The largest absolute Gasteiger partial charge is 0.495 e. The average molecular weight is 111 g/mol. The first-order valence-corrected chi connectivity index (χ1v) is 2.08. The summed E-state index contributed by atoms with van der Waals surface area (Å²) in [6, 6.07) is 2.95. The van der Waals surface area contributed by atoms with Crippen molar-refractivity contribution in [3.8, 4) is 5.88 Å². The van der Waals surface area contributed by atoms with Crippen LogP contribution in [0.2, 0.25) is 0 Å². The van der Waals surface area contributed by atoms with E-state index >= 15 is 0 Å². The van der Waals surface area contributed by atoms with Crippen molar-refractivity contribution in [2.75, 3.05) is 0 Å². The highest BCUT2D eigenvalue weighted by atomic mass is 16.3. The van der Waals surface area contributed by atoms with E-state index in [1.165, 1.54) is 12.1 Å². The van der Waals surface area contributed by atoms with Gasteiger partial charge in [-0.25, -0.2) is 5.53 Å². The van der Waals surface area contributed by atoms with Gasteiger partial charge in [-0.1, -0.05) is 0 Å². The summed E-state index contributed by atoms with van der Waals surface area (Å²) < 4.78 is 0. The number of hydrogen-bond donors (Lipinski definition) is 3. The summed E-state index contributed by atoms with van der Waals surface area (Å²) in [6.07, 6.45) is 0. The van der Waals surface area contributed by atoms with Crippen LogP contribution in [-0.2, 0) is 0 Å². The molecule has 1 aromatic heterocycles. The Labute approximate surface area is 45.7 Å². The Morgan fingerprint density at radius 1 is 1.62 bits per heavy atom. The van der Waals surface area contributed by atoms with Gasteiger partial charge in [-0.3, -0.25) is 0 Å². The topological polar surface area (TPSA) is 72.2 Å². The van der Waals surface area contributed by atoms with E-state index in [-0.39, 0.29) is 5.88 Å². The number of aromatic amines is 1. The van der Waals surface area contributed by atoms with Crippen LogP contribution in [0.5, 0.6) is 5.88 Å². The number of aromatic hydroxyl groups is 1. The zero-order chi connectivity index (χ0) is 5.98. The predicted octanol–water partition coefficient (Wildman–Crippen LogP) is 1.38. The van der Waals surface area contributed by atoms with Crippen LogP contribution in [0.1, 0.15) is 0 Å². The minimum Gasteiger partial charge on any atom is -0.495 e. The van der Waals surface area contributed by atoms with Gasteiger partial charge < -0.3 is 10.1 Å². The molecule has 0 spiro atoms. The second-order valence-corrected chi connectivity index (χ2v) is 1.34. The highest BCUT2D eigenvalue weighted by molar-refractivity contribution is 5.31. The molecule has 42 valence electrons. The molecule has 0 unspecified atom stereocenters. The summed E-state index contributed by atoms with van der Waals surface area (Å²) in [5.74, 6) is 0.401. The predicted molar refractivity (Wildman–Crippen MR) is 27.3 cm³/mol. The number of hydrogen-bond acceptors (Lipinski definition) is 3. The van der Waals surface area contributed by atoms with Crippen molar-refractivity contribution in [1.82, 2.24) is 4.98 Å². The quantitative estimate of drug-likeness (QED) is 0.470. The molecule has 0 fully saturated rings. The summed E-state index contributed by atoms with van der Waals surface area (Å²) >= 11 is 0. The normalized spacial score (nSPS) is 9.00. The molecule has 0 atom stereocenters. The van der Waals surface area contributed by atoms with Crippen LogP contribution in [0, 0.1) is 5.53 Å². The van der Waals surface area contributed by atoms with E-state index in [1.54, 1.807) is 0 Å². The third-order valence-electron chi connectivity index (χ3n) is 0.776. The second kappa shape index (κ2) is 1.65. The molecular formula is C4H5N3O. The van der Waals surface area contributed by atoms with E-state index < -0.39 is 0 Å². The Morgan fingerprint density at radius 3 is 2.62 bits per heavy atom. The van der Waals surface area contributed by atoms with Gasteiger partial charge in [0.15, 0.2) is 11.7 Å². The Balaban J connectivity index is 3.00. The van der Waals surface area contributed by atoms with E-state index in [2.05, 4.69) is 10.1 Å². The first-order valence-electron chi connectivity index (χ1n) is 2.08. The van der Waals surface area contributed by atoms with Crippen LogP contribution >= 0.6 is 0 Å². The molecule has 4 nitrogen and oxygen atoms in total. The summed E-state index contributed by atoms with van der Waals surface area (Å²) in [6.45, 7) is 0. The van der Waals surface area contributed by atoms with Gasteiger partial charge in [-0.05, 0) is 6.07 Å². The Hall–Kier alpha value is -1.32. The highest BCUT2D eigenvalue weighted by Crippen LogP contribution is 2.13. The monoisotopic (exact) mass is 111 g/mol. The fraction of sp³-hybridized carbons (Fsp3) is 0. The van der Waals surface area contributed by atoms with Crippen molar-refractivity contribution >= 4 is 5.82 Å². The molecule has 0 aliphatic rings. The molecule has 1 rings (SSSR count). The molecule has 0 aliphatic carbocycles. The van der Waals surface area contributed by atoms with E-state index in [0.29, 0.717) is 5.82 Å². The van der Waals surface area contributed by atoms with Gasteiger partial charge in [-0.2, -0.15) is 0 Å². The van der Waals surface area contributed by atoms with Crippen LogP contribution in [0.15, 0.2) is 17.2 Å². The van der Waals surface area contributed by atoms with Gasteiger partial charge in [0, 0.05) is 6.07 Å². The molecule has 3 N–H and O–H groups in total. The van der Waals surface area contributed by atoms with E-state index in [4.69, 9.17) is 10.6 Å². The molecule has 0 amide bonds. The molecule has 8 heavy (non-hydrogen) atoms. The Bertz CT molecular complexity index is 193.